The summed E-state index contributed by atoms with van der Waals surface area (Å²) in [6.07, 6.45) is 12.2. The molecule has 0 N–H and O–H groups in total. The van der Waals surface area contributed by atoms with Crippen LogP contribution in [0.25, 0.3) is 17.2 Å². The summed E-state index contributed by atoms with van der Waals surface area (Å²) in [5, 5.41) is 0. The third kappa shape index (κ3) is 3.57. The number of halogens is 1. The number of fused-ring (bicyclic) bond motifs is 2. The van der Waals surface area contributed by atoms with Crippen LogP contribution in [0.5, 0.6) is 0 Å². The molecule has 3 fully saturated rings. The molecule has 1 aliphatic heterocycles. The van der Waals surface area contributed by atoms with E-state index in [4.69, 9.17) is 4.74 Å². The van der Waals surface area contributed by atoms with E-state index < -0.39 is 0 Å². The van der Waals surface area contributed by atoms with Crippen LogP contribution in [0.1, 0.15) is 44.7 Å². The normalized spacial score (nSPS) is 33.2. The molecule has 2 aromatic rings. The van der Waals surface area contributed by atoms with Gasteiger partial charge in [0, 0.05) is 17.7 Å². The summed E-state index contributed by atoms with van der Waals surface area (Å²) in [4.78, 5) is 17.0. The van der Waals surface area contributed by atoms with Crippen LogP contribution in [-0.2, 0) is 9.53 Å². The van der Waals surface area contributed by atoms with Crippen molar-refractivity contribution in [2.24, 2.45) is 29.6 Å². The predicted molar refractivity (Wildman–Crippen MR) is 115 cm³/mol. The monoisotopic (exact) mass is 405 g/mol. The lowest BCUT2D eigenvalue weighted by atomic mass is 9.57. The van der Waals surface area contributed by atoms with Crippen LogP contribution >= 0.6 is 0 Å². The fraction of sp³-hybridized carbons (Fsp3) is 0.462. The summed E-state index contributed by atoms with van der Waals surface area (Å²) in [6, 6.07) is 10.5. The highest BCUT2D eigenvalue weighted by atomic mass is 19.1. The number of carbonyl (C=O) groups is 1. The van der Waals surface area contributed by atoms with Gasteiger partial charge in [0.2, 0.25) is 0 Å². The minimum Gasteiger partial charge on any atom is -0.462 e. The Labute approximate surface area is 177 Å². The van der Waals surface area contributed by atoms with Crippen LogP contribution in [0.15, 0.2) is 48.7 Å². The Morgan fingerprint density at radius 3 is 2.80 bits per heavy atom. The smallest absolute Gasteiger partial charge is 0.309 e. The second-order valence-corrected chi connectivity index (χ2v) is 9.19. The Morgan fingerprint density at radius 1 is 1.13 bits per heavy atom. The summed E-state index contributed by atoms with van der Waals surface area (Å²) in [5.74, 6) is 1.73. The fourth-order valence-corrected chi connectivity index (χ4v) is 6.14. The molecular formula is C26H28FNO2. The van der Waals surface area contributed by atoms with E-state index in [1.165, 1.54) is 37.8 Å². The molecule has 156 valence electrons. The van der Waals surface area contributed by atoms with Gasteiger partial charge in [-0.3, -0.25) is 9.78 Å². The van der Waals surface area contributed by atoms with Gasteiger partial charge in [-0.2, -0.15) is 0 Å². The van der Waals surface area contributed by atoms with Gasteiger partial charge in [0.1, 0.15) is 11.9 Å². The minimum absolute atomic E-state index is 0.00694. The number of benzene rings is 1. The molecule has 30 heavy (non-hydrogen) atoms. The quantitative estimate of drug-likeness (QED) is 0.597. The molecule has 1 aromatic carbocycles. The van der Waals surface area contributed by atoms with Gasteiger partial charge in [-0.15, -0.1) is 0 Å². The molecule has 1 aromatic heterocycles. The number of nitrogens with zero attached hydrogens (tertiary/aromatic N) is 1. The predicted octanol–water partition coefficient (Wildman–Crippen LogP) is 5.90. The Morgan fingerprint density at radius 2 is 2.00 bits per heavy atom. The molecule has 2 aliphatic carbocycles. The molecular weight excluding hydrogens is 377 g/mol. The lowest BCUT2D eigenvalue weighted by molar-refractivity contribution is -0.144. The van der Waals surface area contributed by atoms with Gasteiger partial charge in [0.15, 0.2) is 0 Å². The Hall–Kier alpha value is -2.49. The van der Waals surface area contributed by atoms with Crippen molar-refractivity contribution >= 4 is 12.0 Å². The average Bonchev–Trinajstić information content (AvgIpc) is 3.05. The molecule has 1 saturated heterocycles. The summed E-state index contributed by atoms with van der Waals surface area (Å²) in [5.41, 5.74) is 2.62. The lowest BCUT2D eigenvalue weighted by Gasteiger charge is -2.45. The fourth-order valence-electron chi connectivity index (χ4n) is 6.14. The number of pyridine rings is 1. The summed E-state index contributed by atoms with van der Waals surface area (Å²) >= 11 is 0. The average molecular weight is 406 g/mol. The number of carbonyl (C=O) groups excluding carboxylic acids is 1. The first-order chi connectivity index (χ1) is 14.6. The Kier molecular flexibility index (Phi) is 5.18. The number of allylic oxidation sites excluding steroid dienone is 1. The number of hydrogen-bond acceptors (Lipinski definition) is 3. The van der Waals surface area contributed by atoms with Gasteiger partial charge in [0.05, 0.1) is 11.6 Å². The van der Waals surface area contributed by atoms with Crippen LogP contribution in [0.4, 0.5) is 4.39 Å². The first kappa shape index (κ1) is 19.5. The number of cyclic esters (lactones) is 1. The third-order valence-electron chi connectivity index (χ3n) is 7.51. The molecule has 2 heterocycles. The van der Waals surface area contributed by atoms with Crippen LogP contribution in [-0.4, -0.2) is 17.1 Å². The molecule has 0 bridgehead atoms. The first-order valence-electron chi connectivity index (χ1n) is 11.2. The number of hydrogen-bond donors (Lipinski definition) is 0. The van der Waals surface area contributed by atoms with Crippen molar-refractivity contribution in [1.29, 1.82) is 0 Å². The number of ether oxygens (including phenoxy) is 1. The van der Waals surface area contributed by atoms with E-state index in [9.17, 15) is 9.18 Å². The van der Waals surface area contributed by atoms with Crippen LogP contribution in [0, 0.1) is 35.4 Å². The number of aromatic nitrogens is 1. The highest BCUT2D eigenvalue weighted by molar-refractivity contribution is 5.75. The second-order valence-electron chi connectivity index (χ2n) is 9.19. The molecule has 5 rings (SSSR count). The molecule has 2 saturated carbocycles. The maximum atomic E-state index is 13.5. The highest BCUT2D eigenvalue weighted by Crippen LogP contribution is 2.53. The van der Waals surface area contributed by atoms with E-state index in [-0.39, 0.29) is 29.7 Å². The molecule has 3 nitrogen and oxygen atoms in total. The molecule has 6 unspecified atom stereocenters. The molecule has 0 radical (unpaired) electrons. The Balaban J connectivity index is 1.39. The maximum Gasteiger partial charge on any atom is 0.309 e. The van der Waals surface area contributed by atoms with E-state index in [1.807, 2.05) is 18.2 Å². The van der Waals surface area contributed by atoms with E-state index in [1.54, 1.807) is 12.3 Å². The van der Waals surface area contributed by atoms with E-state index in [2.05, 4.69) is 24.1 Å². The standard InChI is InChI=1S/C26H28FNO2/c1-16-25-23(22-8-3-2-5-18(22)14-24(25)26(29)30-16)12-11-21-10-9-19(15-28-21)17-6-4-7-20(27)13-17/h4,6-7,9-13,15-16,18,22-25H,2-3,5,8,14H2,1H3. The molecule has 0 spiro atoms. The SMILES string of the molecule is CC1OC(=O)C2CC3CCCCC3C(C=Cc3ccc(-c4cccc(F)c4)cn3)C12. The van der Waals surface area contributed by atoms with Gasteiger partial charge < -0.3 is 4.74 Å². The van der Waals surface area contributed by atoms with Crippen molar-refractivity contribution in [2.45, 2.75) is 45.1 Å². The summed E-state index contributed by atoms with van der Waals surface area (Å²) < 4.78 is 19.1. The van der Waals surface area contributed by atoms with Crippen LogP contribution in [0.3, 0.4) is 0 Å². The zero-order valence-electron chi connectivity index (χ0n) is 17.3. The largest absolute Gasteiger partial charge is 0.462 e. The van der Waals surface area contributed by atoms with Crippen molar-refractivity contribution in [1.82, 2.24) is 4.98 Å². The van der Waals surface area contributed by atoms with Crippen molar-refractivity contribution in [3.63, 3.8) is 0 Å². The number of rotatable bonds is 3. The lowest BCUT2D eigenvalue weighted by Crippen LogP contribution is -2.42. The summed E-state index contributed by atoms with van der Waals surface area (Å²) in [6.45, 7) is 2.05. The second kappa shape index (κ2) is 7.98. The molecule has 3 aliphatic rings. The molecule has 0 amide bonds. The Bertz CT molecular complexity index is 954. The summed E-state index contributed by atoms with van der Waals surface area (Å²) in [7, 11) is 0. The van der Waals surface area contributed by atoms with Crippen molar-refractivity contribution < 1.29 is 13.9 Å². The number of esters is 1. The van der Waals surface area contributed by atoms with Gasteiger partial charge >= 0.3 is 5.97 Å². The third-order valence-corrected chi connectivity index (χ3v) is 7.51. The van der Waals surface area contributed by atoms with Gasteiger partial charge in [-0.1, -0.05) is 43.5 Å². The van der Waals surface area contributed by atoms with Crippen molar-refractivity contribution in [3.8, 4) is 11.1 Å². The molecule has 4 heteroatoms. The van der Waals surface area contributed by atoms with Crippen molar-refractivity contribution in [2.75, 3.05) is 0 Å². The van der Waals surface area contributed by atoms with E-state index >= 15 is 0 Å². The van der Waals surface area contributed by atoms with Gasteiger partial charge in [0.25, 0.3) is 0 Å². The zero-order valence-corrected chi connectivity index (χ0v) is 17.3. The topological polar surface area (TPSA) is 39.2 Å². The highest BCUT2D eigenvalue weighted by Gasteiger charge is 2.53. The van der Waals surface area contributed by atoms with Crippen LogP contribution in [0.2, 0.25) is 0 Å². The van der Waals surface area contributed by atoms with E-state index in [0.717, 1.165) is 23.2 Å². The van der Waals surface area contributed by atoms with Crippen molar-refractivity contribution in [3.05, 3.63) is 60.2 Å². The maximum absolute atomic E-state index is 13.5. The minimum atomic E-state index is -0.243. The van der Waals surface area contributed by atoms with Gasteiger partial charge in [-0.25, -0.2) is 4.39 Å². The first-order valence-corrected chi connectivity index (χ1v) is 11.2. The van der Waals surface area contributed by atoms with Crippen LogP contribution < -0.4 is 0 Å². The zero-order chi connectivity index (χ0) is 20.7. The van der Waals surface area contributed by atoms with Gasteiger partial charge in [-0.05, 0) is 67.4 Å². The molecule has 6 atom stereocenters. The van der Waals surface area contributed by atoms with E-state index in [0.29, 0.717) is 17.8 Å².